The Morgan fingerprint density at radius 2 is 1.77 bits per heavy atom. The van der Waals surface area contributed by atoms with E-state index in [1.54, 1.807) is 12.1 Å². The van der Waals surface area contributed by atoms with Crippen LogP contribution in [-0.2, 0) is 4.79 Å². The summed E-state index contributed by atoms with van der Waals surface area (Å²) in [5.41, 5.74) is 1.27. The normalized spacial score (nSPS) is 22.0. The molecule has 2 atom stereocenters. The van der Waals surface area contributed by atoms with Crippen LogP contribution in [0.2, 0.25) is 0 Å². The molecule has 30 heavy (non-hydrogen) atoms. The number of piperidine rings is 1. The molecular weight excluding hydrogens is 423 g/mol. The van der Waals surface area contributed by atoms with Gasteiger partial charge in [0.1, 0.15) is 0 Å². The van der Waals surface area contributed by atoms with Crippen LogP contribution in [0.1, 0.15) is 56.3 Å². The molecule has 1 aromatic carbocycles. The molecule has 6 nitrogen and oxygen atoms in total. The second-order valence-corrected chi connectivity index (χ2v) is 8.09. The minimum atomic E-state index is -0.0989. The Kier molecular flexibility index (Phi) is 11.7. The summed E-state index contributed by atoms with van der Waals surface area (Å²) in [6.45, 7) is 7.65. The first-order chi connectivity index (χ1) is 13.6. The summed E-state index contributed by atoms with van der Waals surface area (Å²) in [7, 11) is 0. The van der Waals surface area contributed by atoms with Crippen molar-refractivity contribution >= 4 is 42.3 Å². The number of benzene rings is 1. The molecule has 2 saturated heterocycles. The number of halogens is 2. The average Bonchev–Trinajstić information content (AvgIpc) is 3.03. The first kappa shape index (κ1) is 26.7. The summed E-state index contributed by atoms with van der Waals surface area (Å²) in [4.78, 5) is 27.1. The van der Waals surface area contributed by atoms with Crippen LogP contribution < -0.4 is 16.0 Å². The quantitative estimate of drug-likeness (QED) is 0.529. The molecule has 170 valence electrons. The highest BCUT2D eigenvalue weighted by Gasteiger charge is 2.34. The molecule has 1 aromatic rings. The third-order valence-electron chi connectivity index (χ3n) is 6.06. The van der Waals surface area contributed by atoms with Crippen molar-refractivity contribution in [3.05, 3.63) is 29.8 Å². The van der Waals surface area contributed by atoms with Crippen LogP contribution in [0.4, 0.5) is 5.69 Å². The zero-order valence-electron chi connectivity index (χ0n) is 18.0. The SMILES string of the molecule is CCN(CC)CCNC(=O)c1cccc(NC(=O)CC2CC3CCC(C2)N3)c1.Cl.Cl. The van der Waals surface area contributed by atoms with Crippen molar-refractivity contribution in [1.82, 2.24) is 15.5 Å². The third kappa shape index (κ3) is 7.73. The van der Waals surface area contributed by atoms with Crippen LogP contribution in [-0.4, -0.2) is 55.0 Å². The van der Waals surface area contributed by atoms with E-state index < -0.39 is 0 Å². The van der Waals surface area contributed by atoms with Gasteiger partial charge in [-0.15, -0.1) is 24.8 Å². The number of nitrogens with zero attached hydrogens (tertiary/aromatic N) is 1. The number of carbonyl (C=O) groups excluding carboxylic acids is 2. The monoisotopic (exact) mass is 458 g/mol. The number of fused-ring (bicyclic) bond motifs is 2. The van der Waals surface area contributed by atoms with Gasteiger partial charge in [0.15, 0.2) is 0 Å². The van der Waals surface area contributed by atoms with Crippen molar-refractivity contribution in [3.8, 4) is 0 Å². The van der Waals surface area contributed by atoms with Gasteiger partial charge in [-0.25, -0.2) is 0 Å². The van der Waals surface area contributed by atoms with E-state index >= 15 is 0 Å². The van der Waals surface area contributed by atoms with Crippen molar-refractivity contribution in [1.29, 1.82) is 0 Å². The Balaban J connectivity index is 0.00000225. The summed E-state index contributed by atoms with van der Waals surface area (Å²) < 4.78 is 0. The highest BCUT2D eigenvalue weighted by molar-refractivity contribution is 5.97. The molecule has 2 aliphatic rings. The molecule has 2 heterocycles. The molecule has 3 rings (SSSR count). The minimum Gasteiger partial charge on any atom is -0.351 e. The van der Waals surface area contributed by atoms with Gasteiger partial charge in [0.2, 0.25) is 5.91 Å². The molecule has 0 saturated carbocycles. The van der Waals surface area contributed by atoms with Crippen molar-refractivity contribution in [2.45, 2.75) is 58.0 Å². The average molecular weight is 459 g/mol. The van der Waals surface area contributed by atoms with Crippen molar-refractivity contribution in [2.24, 2.45) is 5.92 Å². The van der Waals surface area contributed by atoms with Crippen molar-refractivity contribution < 1.29 is 9.59 Å². The van der Waals surface area contributed by atoms with Crippen LogP contribution >= 0.6 is 24.8 Å². The molecule has 0 radical (unpaired) electrons. The fourth-order valence-electron chi connectivity index (χ4n) is 4.52. The number of anilines is 1. The minimum absolute atomic E-state index is 0. The van der Waals surface area contributed by atoms with Gasteiger partial charge >= 0.3 is 0 Å². The second-order valence-electron chi connectivity index (χ2n) is 8.09. The van der Waals surface area contributed by atoms with Gasteiger partial charge in [0.05, 0.1) is 0 Å². The Morgan fingerprint density at radius 3 is 2.40 bits per heavy atom. The molecule has 2 bridgehead atoms. The molecule has 8 heteroatoms. The molecule has 0 aliphatic carbocycles. The highest BCUT2D eigenvalue weighted by Crippen LogP contribution is 2.32. The third-order valence-corrected chi connectivity index (χ3v) is 6.06. The Morgan fingerprint density at radius 1 is 1.10 bits per heavy atom. The van der Waals surface area contributed by atoms with Crippen LogP contribution in [0.3, 0.4) is 0 Å². The predicted molar refractivity (Wildman–Crippen MR) is 127 cm³/mol. The van der Waals surface area contributed by atoms with E-state index in [1.165, 1.54) is 12.8 Å². The van der Waals surface area contributed by atoms with Gasteiger partial charge in [-0.3, -0.25) is 9.59 Å². The van der Waals surface area contributed by atoms with Crippen LogP contribution in [0, 0.1) is 5.92 Å². The van der Waals surface area contributed by atoms with Crippen molar-refractivity contribution in [3.63, 3.8) is 0 Å². The summed E-state index contributed by atoms with van der Waals surface area (Å²) >= 11 is 0. The van der Waals surface area contributed by atoms with E-state index in [4.69, 9.17) is 0 Å². The number of carbonyl (C=O) groups is 2. The van der Waals surface area contributed by atoms with Crippen molar-refractivity contribution in [2.75, 3.05) is 31.5 Å². The van der Waals surface area contributed by atoms with Crippen LogP contribution in [0.5, 0.6) is 0 Å². The van der Waals surface area contributed by atoms with Gasteiger partial charge in [-0.05, 0) is 62.9 Å². The maximum Gasteiger partial charge on any atom is 0.251 e. The fourth-order valence-corrected chi connectivity index (χ4v) is 4.52. The zero-order chi connectivity index (χ0) is 19.9. The number of amides is 2. The van der Waals surface area contributed by atoms with Gasteiger partial charge in [0, 0.05) is 42.8 Å². The first-order valence-electron chi connectivity index (χ1n) is 10.7. The Labute approximate surface area is 192 Å². The molecule has 2 fully saturated rings. The number of hydrogen-bond acceptors (Lipinski definition) is 4. The smallest absolute Gasteiger partial charge is 0.251 e. The lowest BCUT2D eigenvalue weighted by Gasteiger charge is -2.28. The molecule has 3 N–H and O–H groups in total. The highest BCUT2D eigenvalue weighted by atomic mass is 35.5. The summed E-state index contributed by atoms with van der Waals surface area (Å²) in [5.74, 6) is 0.411. The van der Waals surface area contributed by atoms with E-state index in [9.17, 15) is 9.59 Å². The van der Waals surface area contributed by atoms with Gasteiger partial charge in [0.25, 0.3) is 5.91 Å². The number of hydrogen-bond donors (Lipinski definition) is 3. The van der Waals surface area contributed by atoms with Gasteiger partial charge in [-0.1, -0.05) is 19.9 Å². The summed E-state index contributed by atoms with van der Waals surface area (Å²) in [5, 5.41) is 9.56. The van der Waals surface area contributed by atoms with E-state index in [2.05, 4.69) is 34.7 Å². The Bertz CT molecular complexity index is 673. The lowest BCUT2D eigenvalue weighted by Crippen LogP contribution is -2.39. The lowest BCUT2D eigenvalue weighted by atomic mass is 9.89. The van der Waals surface area contributed by atoms with E-state index in [0.717, 1.165) is 32.5 Å². The summed E-state index contributed by atoms with van der Waals surface area (Å²) in [6, 6.07) is 8.40. The maximum absolute atomic E-state index is 12.5. The molecular formula is C22H36Cl2N4O2. The van der Waals surface area contributed by atoms with E-state index in [0.29, 0.717) is 42.2 Å². The van der Waals surface area contributed by atoms with Gasteiger partial charge in [-0.2, -0.15) is 0 Å². The molecule has 2 aliphatic heterocycles. The topological polar surface area (TPSA) is 73.5 Å². The second kappa shape index (κ2) is 13.2. The van der Waals surface area contributed by atoms with Crippen LogP contribution in [0.25, 0.3) is 0 Å². The maximum atomic E-state index is 12.5. The molecule has 0 spiro atoms. The molecule has 0 aromatic heterocycles. The van der Waals surface area contributed by atoms with Gasteiger partial charge < -0.3 is 20.9 Å². The standard InChI is InChI=1S/C22H34N4O2.2ClH/c1-3-26(4-2)11-10-23-22(28)17-6-5-7-18(15-17)25-21(27)14-16-12-19-8-9-20(13-16)24-19;;/h5-7,15-16,19-20,24H,3-4,8-14H2,1-2H3,(H,23,28)(H,25,27);2*1H. The largest absolute Gasteiger partial charge is 0.351 e. The Hall–Kier alpha value is -1.34. The van der Waals surface area contributed by atoms with E-state index in [-0.39, 0.29) is 36.6 Å². The van der Waals surface area contributed by atoms with E-state index in [1.807, 2.05) is 12.1 Å². The first-order valence-corrected chi connectivity index (χ1v) is 10.7. The number of rotatable bonds is 9. The fraction of sp³-hybridized carbons (Fsp3) is 0.636. The number of likely N-dealkylation sites (N-methyl/N-ethyl adjacent to an activating group) is 1. The summed E-state index contributed by atoms with van der Waals surface area (Å²) in [6.07, 6.45) is 5.25. The molecule has 2 unspecified atom stereocenters. The zero-order valence-corrected chi connectivity index (χ0v) is 19.6. The van der Waals surface area contributed by atoms with Crippen LogP contribution in [0.15, 0.2) is 24.3 Å². The predicted octanol–water partition coefficient (Wildman–Crippen LogP) is 3.46. The number of nitrogens with one attached hydrogen (secondary N) is 3. The molecule has 2 amide bonds. The lowest BCUT2D eigenvalue weighted by molar-refractivity contribution is -0.117.